The number of morpholine rings is 1. The van der Waals surface area contributed by atoms with Gasteiger partial charge in [0.15, 0.2) is 0 Å². The van der Waals surface area contributed by atoms with Gasteiger partial charge in [-0.1, -0.05) is 34.6 Å². The maximum Gasteiger partial charge on any atom is 0.0826 e. The molecule has 0 aromatic carbocycles. The molecule has 1 saturated heterocycles. The van der Waals surface area contributed by atoms with Gasteiger partial charge >= 0.3 is 0 Å². The van der Waals surface area contributed by atoms with Crippen molar-refractivity contribution in [1.82, 2.24) is 10.2 Å². The van der Waals surface area contributed by atoms with E-state index in [0.717, 1.165) is 65.4 Å². The quantitative estimate of drug-likeness (QED) is 0.471. The third-order valence-electron chi connectivity index (χ3n) is 3.88. The summed E-state index contributed by atoms with van der Waals surface area (Å²) in [6.07, 6.45) is 2.48. The van der Waals surface area contributed by atoms with Crippen molar-refractivity contribution in [3.63, 3.8) is 0 Å². The topological polar surface area (TPSA) is 33.7 Å². The van der Waals surface area contributed by atoms with Crippen LogP contribution in [0.5, 0.6) is 0 Å². The van der Waals surface area contributed by atoms with E-state index in [2.05, 4.69) is 57.5 Å². The summed E-state index contributed by atoms with van der Waals surface area (Å²) in [5, 5.41) is 3.52. The molecule has 1 rings (SSSR count). The van der Waals surface area contributed by atoms with E-state index in [4.69, 9.17) is 9.47 Å². The Labute approximate surface area is 149 Å². The lowest BCUT2D eigenvalue weighted by molar-refractivity contribution is -0.0355. The maximum atomic E-state index is 5.85. The summed E-state index contributed by atoms with van der Waals surface area (Å²) in [5.41, 5.74) is 0.323. The number of hydrogen-bond acceptors (Lipinski definition) is 5. The van der Waals surface area contributed by atoms with Crippen molar-refractivity contribution < 1.29 is 9.47 Å². The van der Waals surface area contributed by atoms with Gasteiger partial charge in [0.2, 0.25) is 0 Å². The molecule has 1 heterocycles. The molecular formula is C18H38N2O2S. The molecule has 0 unspecified atom stereocenters. The Hall–Kier alpha value is 0.190. The molecule has 0 aromatic heterocycles. The molecule has 0 bridgehead atoms. The van der Waals surface area contributed by atoms with Gasteiger partial charge < -0.3 is 14.8 Å². The lowest BCUT2D eigenvalue weighted by atomic mass is 9.97. The van der Waals surface area contributed by atoms with Crippen molar-refractivity contribution >= 4 is 12.6 Å². The van der Waals surface area contributed by atoms with E-state index in [1.54, 1.807) is 0 Å². The number of thiol groups is 1. The fourth-order valence-corrected chi connectivity index (χ4v) is 2.78. The minimum absolute atomic E-state index is 0.112. The first-order valence-corrected chi connectivity index (χ1v) is 9.45. The van der Waals surface area contributed by atoms with Crippen LogP contribution in [0.3, 0.4) is 0 Å². The predicted octanol–water partition coefficient (Wildman–Crippen LogP) is 2.83. The van der Waals surface area contributed by atoms with Crippen molar-refractivity contribution in [2.45, 2.75) is 58.3 Å². The fraction of sp³-hybridized carbons (Fsp3) is 1.00. The molecule has 1 atom stereocenters. The highest BCUT2D eigenvalue weighted by Gasteiger charge is 2.20. The summed E-state index contributed by atoms with van der Waals surface area (Å²) >= 11 is 4.53. The average molecular weight is 347 g/mol. The smallest absolute Gasteiger partial charge is 0.0826 e. The minimum atomic E-state index is 0.112. The van der Waals surface area contributed by atoms with E-state index in [1.807, 2.05) is 0 Å². The number of nitrogens with one attached hydrogen (secondary N) is 1. The summed E-state index contributed by atoms with van der Waals surface area (Å²) in [5.74, 6) is 0. The van der Waals surface area contributed by atoms with E-state index >= 15 is 0 Å². The molecule has 0 amide bonds. The van der Waals surface area contributed by atoms with Crippen LogP contribution in [-0.4, -0.2) is 68.3 Å². The zero-order chi connectivity index (χ0) is 17.3. The van der Waals surface area contributed by atoms with E-state index in [0.29, 0.717) is 11.5 Å². The first-order valence-electron chi connectivity index (χ1n) is 9.00. The Morgan fingerprint density at radius 3 is 2.61 bits per heavy atom. The molecule has 1 aliphatic heterocycles. The molecule has 0 saturated carbocycles. The lowest BCUT2D eigenvalue weighted by Gasteiger charge is -2.33. The van der Waals surface area contributed by atoms with Crippen LogP contribution in [0.2, 0.25) is 0 Å². The summed E-state index contributed by atoms with van der Waals surface area (Å²) in [6.45, 7) is 18.5. The Kier molecular flexibility index (Phi) is 9.46. The second kappa shape index (κ2) is 10.2. The number of rotatable bonds is 10. The van der Waals surface area contributed by atoms with Crippen molar-refractivity contribution in [2.24, 2.45) is 5.41 Å². The largest absolute Gasteiger partial charge is 0.380 e. The number of hydrogen-bond donors (Lipinski definition) is 2. The Balaban J connectivity index is 2.06. The molecule has 138 valence electrons. The molecule has 0 spiro atoms. The zero-order valence-corrected chi connectivity index (χ0v) is 16.8. The van der Waals surface area contributed by atoms with Crippen LogP contribution in [0.4, 0.5) is 0 Å². The lowest BCUT2D eigenvalue weighted by Crippen LogP contribution is -2.48. The van der Waals surface area contributed by atoms with E-state index in [1.165, 1.54) is 0 Å². The molecule has 23 heavy (non-hydrogen) atoms. The summed E-state index contributed by atoms with van der Waals surface area (Å²) in [4.78, 5) is 2.45. The van der Waals surface area contributed by atoms with Gasteiger partial charge in [0.05, 0.1) is 19.3 Å². The van der Waals surface area contributed by atoms with Gasteiger partial charge in [-0.2, -0.15) is 12.6 Å². The van der Waals surface area contributed by atoms with Gasteiger partial charge in [0, 0.05) is 44.1 Å². The zero-order valence-electron chi connectivity index (χ0n) is 15.9. The molecule has 0 aliphatic carbocycles. The monoisotopic (exact) mass is 346 g/mol. The second-order valence-corrected chi connectivity index (χ2v) is 9.72. The molecule has 1 N–H and O–H groups in total. The van der Waals surface area contributed by atoms with Crippen molar-refractivity contribution in [1.29, 1.82) is 0 Å². The van der Waals surface area contributed by atoms with Gasteiger partial charge in [-0.15, -0.1) is 0 Å². The third kappa shape index (κ3) is 12.2. The summed E-state index contributed by atoms with van der Waals surface area (Å²) in [6, 6.07) is 0. The standard InChI is InChI=1S/C18H38N2O2S/c1-17(2,3)15-19-13-16-14-20(9-12-22-16)8-11-21-10-6-7-18(4,5)23/h16,19,23H,6-15H2,1-5H3/t16-/m1/s1. The molecule has 4 nitrogen and oxygen atoms in total. The first kappa shape index (κ1) is 21.2. The maximum absolute atomic E-state index is 5.85. The number of nitrogens with zero attached hydrogens (tertiary/aromatic N) is 1. The predicted molar refractivity (Wildman–Crippen MR) is 102 cm³/mol. The van der Waals surface area contributed by atoms with Crippen molar-refractivity contribution in [3.8, 4) is 0 Å². The summed E-state index contributed by atoms with van der Waals surface area (Å²) < 4.78 is 11.7. The Bertz CT molecular complexity index is 313. The first-order chi connectivity index (χ1) is 10.7. The second-order valence-electron chi connectivity index (χ2n) is 8.51. The van der Waals surface area contributed by atoms with Crippen LogP contribution in [0.25, 0.3) is 0 Å². The van der Waals surface area contributed by atoms with Gasteiger partial charge in [-0.25, -0.2) is 0 Å². The van der Waals surface area contributed by atoms with Crippen LogP contribution < -0.4 is 5.32 Å². The molecule has 5 heteroatoms. The van der Waals surface area contributed by atoms with Crippen molar-refractivity contribution in [2.75, 3.05) is 52.5 Å². The van der Waals surface area contributed by atoms with Crippen LogP contribution in [-0.2, 0) is 9.47 Å². The van der Waals surface area contributed by atoms with Gasteiger partial charge in [-0.05, 0) is 18.3 Å². The Morgan fingerprint density at radius 1 is 1.22 bits per heavy atom. The molecule has 0 aromatic rings. The van der Waals surface area contributed by atoms with Gasteiger partial charge in [-0.3, -0.25) is 4.90 Å². The minimum Gasteiger partial charge on any atom is -0.380 e. The molecule has 0 radical (unpaired) electrons. The third-order valence-corrected chi connectivity index (χ3v) is 4.10. The molecule has 1 aliphatic rings. The van der Waals surface area contributed by atoms with E-state index in [9.17, 15) is 0 Å². The highest BCUT2D eigenvalue weighted by molar-refractivity contribution is 7.81. The molecular weight excluding hydrogens is 308 g/mol. The van der Waals surface area contributed by atoms with E-state index < -0.39 is 0 Å². The normalized spacial score (nSPS) is 20.9. The van der Waals surface area contributed by atoms with Crippen LogP contribution >= 0.6 is 12.6 Å². The molecule has 1 fully saturated rings. The van der Waals surface area contributed by atoms with Gasteiger partial charge in [0.25, 0.3) is 0 Å². The van der Waals surface area contributed by atoms with E-state index in [-0.39, 0.29) is 4.75 Å². The summed E-state index contributed by atoms with van der Waals surface area (Å²) in [7, 11) is 0. The van der Waals surface area contributed by atoms with Gasteiger partial charge in [0.1, 0.15) is 0 Å². The van der Waals surface area contributed by atoms with Crippen LogP contribution in [0.15, 0.2) is 0 Å². The fourth-order valence-electron chi connectivity index (χ4n) is 2.62. The van der Waals surface area contributed by atoms with Crippen molar-refractivity contribution in [3.05, 3.63) is 0 Å². The highest BCUT2D eigenvalue weighted by Crippen LogP contribution is 2.18. The highest BCUT2D eigenvalue weighted by atomic mass is 32.1. The Morgan fingerprint density at radius 2 is 1.96 bits per heavy atom. The van der Waals surface area contributed by atoms with Crippen LogP contribution in [0, 0.1) is 5.41 Å². The average Bonchev–Trinajstić information content (AvgIpc) is 2.40. The van der Waals surface area contributed by atoms with Crippen LogP contribution in [0.1, 0.15) is 47.5 Å². The SMILES string of the molecule is CC(C)(C)CNC[C@@H]1CN(CCOCCCC(C)(C)S)CCO1. The number of ether oxygens (including phenoxy) is 2.